The van der Waals surface area contributed by atoms with Crippen molar-refractivity contribution in [3.63, 3.8) is 0 Å². The van der Waals surface area contributed by atoms with Gasteiger partial charge in [0.2, 0.25) is 5.95 Å². The third-order valence-electron chi connectivity index (χ3n) is 3.33. The molecule has 6 nitrogen and oxygen atoms in total. The summed E-state index contributed by atoms with van der Waals surface area (Å²) in [6.07, 6.45) is 1.50. The molecule has 1 heterocycles. The van der Waals surface area contributed by atoms with E-state index in [4.69, 9.17) is 0 Å². The lowest BCUT2D eigenvalue weighted by Crippen LogP contribution is -2.20. The van der Waals surface area contributed by atoms with Crippen molar-refractivity contribution in [1.29, 1.82) is 0 Å². The molecule has 0 saturated carbocycles. The Morgan fingerprint density at radius 1 is 0.875 bits per heavy atom. The number of aromatic nitrogens is 2. The van der Waals surface area contributed by atoms with Gasteiger partial charge in [-0.1, -0.05) is 36.4 Å². The fourth-order valence-electron chi connectivity index (χ4n) is 2.15. The lowest BCUT2D eigenvalue weighted by molar-refractivity contribution is 0.0963. The van der Waals surface area contributed by atoms with Crippen molar-refractivity contribution in [2.75, 3.05) is 17.7 Å². The lowest BCUT2D eigenvalue weighted by atomic mass is 10.2. The molecule has 0 aliphatic rings. The van der Waals surface area contributed by atoms with Gasteiger partial charge in [0.05, 0.1) is 0 Å². The maximum Gasteiger partial charge on any atom is 0.256 e. The summed E-state index contributed by atoms with van der Waals surface area (Å²) in [6, 6.07) is 19.2. The van der Waals surface area contributed by atoms with Crippen LogP contribution in [0.5, 0.6) is 0 Å². The van der Waals surface area contributed by atoms with E-state index in [0.29, 0.717) is 17.3 Å². The maximum atomic E-state index is 12.0. The number of nitrogens with one attached hydrogen (secondary N) is 3. The molecular weight excluding hydrogens is 302 g/mol. The van der Waals surface area contributed by atoms with Crippen LogP contribution in [0.3, 0.4) is 0 Å². The minimum absolute atomic E-state index is 0.250. The monoisotopic (exact) mass is 319 g/mol. The first kappa shape index (κ1) is 15.5. The number of anilines is 4. The predicted molar refractivity (Wildman–Crippen MR) is 94.9 cm³/mol. The van der Waals surface area contributed by atoms with E-state index in [1.807, 2.05) is 60.7 Å². The molecule has 0 unspecified atom stereocenters. The van der Waals surface area contributed by atoms with Gasteiger partial charge in [0.1, 0.15) is 11.4 Å². The van der Waals surface area contributed by atoms with E-state index in [-0.39, 0.29) is 5.91 Å². The molecule has 3 rings (SSSR count). The lowest BCUT2D eigenvalue weighted by Gasteiger charge is -2.12. The summed E-state index contributed by atoms with van der Waals surface area (Å²) in [5.74, 6) is 0.598. The van der Waals surface area contributed by atoms with Gasteiger partial charge in [0.25, 0.3) is 5.91 Å². The van der Waals surface area contributed by atoms with Gasteiger partial charge in [-0.15, -0.1) is 0 Å². The third kappa shape index (κ3) is 3.67. The molecule has 3 aromatic rings. The highest BCUT2D eigenvalue weighted by Gasteiger charge is 2.14. The van der Waals surface area contributed by atoms with E-state index in [1.165, 1.54) is 6.20 Å². The van der Waals surface area contributed by atoms with Gasteiger partial charge in [-0.2, -0.15) is 4.98 Å². The van der Waals surface area contributed by atoms with Crippen LogP contribution in [0, 0.1) is 0 Å². The van der Waals surface area contributed by atoms with Crippen LogP contribution in [0.4, 0.5) is 23.1 Å². The van der Waals surface area contributed by atoms with Gasteiger partial charge >= 0.3 is 0 Å². The second-order valence-corrected chi connectivity index (χ2v) is 5.02. The quantitative estimate of drug-likeness (QED) is 0.672. The molecular formula is C18H17N5O. The maximum absolute atomic E-state index is 12.0. The minimum atomic E-state index is -0.250. The molecule has 2 aromatic carbocycles. The van der Waals surface area contributed by atoms with Crippen molar-refractivity contribution in [3.8, 4) is 0 Å². The molecule has 0 atom stereocenters. The van der Waals surface area contributed by atoms with Gasteiger partial charge in [-0.05, 0) is 24.3 Å². The van der Waals surface area contributed by atoms with Crippen LogP contribution in [0.25, 0.3) is 0 Å². The second-order valence-electron chi connectivity index (χ2n) is 5.02. The molecule has 120 valence electrons. The van der Waals surface area contributed by atoms with Crippen molar-refractivity contribution in [1.82, 2.24) is 15.3 Å². The van der Waals surface area contributed by atoms with E-state index in [1.54, 1.807) is 7.05 Å². The van der Waals surface area contributed by atoms with Gasteiger partial charge in [-0.3, -0.25) is 4.79 Å². The number of carbonyl (C=O) groups excluding carboxylic acids is 1. The summed E-state index contributed by atoms with van der Waals surface area (Å²) in [7, 11) is 1.57. The van der Waals surface area contributed by atoms with Crippen LogP contribution in [0.2, 0.25) is 0 Å². The Morgan fingerprint density at radius 2 is 1.46 bits per heavy atom. The Morgan fingerprint density at radius 3 is 2.04 bits per heavy atom. The first-order chi connectivity index (χ1) is 11.8. The number of hydrogen-bond acceptors (Lipinski definition) is 5. The molecule has 24 heavy (non-hydrogen) atoms. The number of nitrogens with zero attached hydrogens (tertiary/aromatic N) is 2. The second kappa shape index (κ2) is 7.23. The Balaban J connectivity index is 1.93. The zero-order valence-corrected chi connectivity index (χ0v) is 13.2. The van der Waals surface area contributed by atoms with Crippen molar-refractivity contribution in [2.24, 2.45) is 0 Å². The molecule has 0 bridgehead atoms. The van der Waals surface area contributed by atoms with Gasteiger partial charge < -0.3 is 16.0 Å². The fraction of sp³-hybridized carbons (Fsp3) is 0.0556. The van der Waals surface area contributed by atoms with Crippen molar-refractivity contribution in [3.05, 3.63) is 72.4 Å². The van der Waals surface area contributed by atoms with E-state index in [0.717, 1.165) is 11.4 Å². The van der Waals surface area contributed by atoms with E-state index in [9.17, 15) is 4.79 Å². The summed E-state index contributed by atoms with van der Waals surface area (Å²) in [5, 5.41) is 8.88. The summed E-state index contributed by atoms with van der Waals surface area (Å²) < 4.78 is 0. The van der Waals surface area contributed by atoms with Crippen LogP contribution >= 0.6 is 0 Å². The standard InChI is InChI=1S/C18H17N5O/c1-19-17(24)15-12-20-18(22-14-10-6-3-7-11-14)23-16(15)21-13-8-4-2-5-9-13/h2-12H,1H3,(H,19,24)(H2,20,21,22,23). The highest BCUT2D eigenvalue weighted by atomic mass is 16.1. The largest absolute Gasteiger partial charge is 0.355 e. The van der Waals surface area contributed by atoms with Gasteiger partial charge in [0.15, 0.2) is 0 Å². The normalized spacial score (nSPS) is 10.0. The van der Waals surface area contributed by atoms with Crippen LogP contribution in [0.1, 0.15) is 10.4 Å². The van der Waals surface area contributed by atoms with Gasteiger partial charge in [0, 0.05) is 24.6 Å². The van der Waals surface area contributed by atoms with Crippen molar-refractivity contribution < 1.29 is 4.79 Å². The molecule has 3 N–H and O–H groups in total. The van der Waals surface area contributed by atoms with E-state index in [2.05, 4.69) is 25.9 Å². The summed E-state index contributed by atoms with van der Waals surface area (Å²) >= 11 is 0. The zero-order valence-electron chi connectivity index (χ0n) is 13.2. The highest BCUT2D eigenvalue weighted by Crippen LogP contribution is 2.21. The first-order valence-electron chi connectivity index (χ1n) is 7.49. The molecule has 0 aliphatic heterocycles. The molecule has 0 spiro atoms. The van der Waals surface area contributed by atoms with E-state index < -0.39 is 0 Å². The fourth-order valence-corrected chi connectivity index (χ4v) is 2.15. The smallest absolute Gasteiger partial charge is 0.256 e. The SMILES string of the molecule is CNC(=O)c1cnc(Nc2ccccc2)nc1Nc1ccccc1. The summed E-state index contributed by atoms with van der Waals surface area (Å²) in [6.45, 7) is 0. The summed E-state index contributed by atoms with van der Waals surface area (Å²) in [5.41, 5.74) is 2.09. The van der Waals surface area contributed by atoms with Crippen LogP contribution in [-0.4, -0.2) is 22.9 Å². The Labute approximate surface area is 140 Å². The highest BCUT2D eigenvalue weighted by molar-refractivity contribution is 5.99. The zero-order chi connectivity index (χ0) is 16.8. The molecule has 0 fully saturated rings. The summed E-state index contributed by atoms with van der Waals surface area (Å²) in [4.78, 5) is 20.7. The number of amides is 1. The average Bonchev–Trinajstić information content (AvgIpc) is 2.63. The average molecular weight is 319 g/mol. The molecule has 1 aromatic heterocycles. The molecule has 0 radical (unpaired) electrons. The number of rotatable bonds is 5. The Kier molecular flexibility index (Phi) is 4.67. The number of hydrogen-bond donors (Lipinski definition) is 3. The molecule has 0 saturated heterocycles. The number of benzene rings is 2. The molecule has 1 amide bonds. The minimum Gasteiger partial charge on any atom is -0.355 e. The van der Waals surface area contributed by atoms with Gasteiger partial charge in [-0.25, -0.2) is 4.98 Å². The third-order valence-corrected chi connectivity index (χ3v) is 3.33. The molecule has 6 heteroatoms. The van der Waals surface area contributed by atoms with Crippen molar-refractivity contribution in [2.45, 2.75) is 0 Å². The first-order valence-corrected chi connectivity index (χ1v) is 7.49. The Bertz CT molecular complexity index is 821. The van der Waals surface area contributed by atoms with Crippen LogP contribution in [-0.2, 0) is 0 Å². The van der Waals surface area contributed by atoms with E-state index >= 15 is 0 Å². The predicted octanol–water partition coefficient (Wildman–Crippen LogP) is 3.32. The topological polar surface area (TPSA) is 78.9 Å². The number of para-hydroxylation sites is 2. The van der Waals surface area contributed by atoms with Crippen LogP contribution < -0.4 is 16.0 Å². The van der Waals surface area contributed by atoms with Crippen LogP contribution in [0.15, 0.2) is 66.9 Å². The van der Waals surface area contributed by atoms with Crippen molar-refractivity contribution >= 4 is 29.0 Å². The Hall–Kier alpha value is -3.41. The molecule has 0 aliphatic carbocycles. The number of carbonyl (C=O) groups is 1.